The van der Waals surface area contributed by atoms with Gasteiger partial charge >= 0.3 is 0 Å². The first-order valence-corrected chi connectivity index (χ1v) is 5.13. The van der Waals surface area contributed by atoms with Crippen LogP contribution in [0.5, 0.6) is 11.5 Å². The Kier molecular flexibility index (Phi) is 2.13. The SMILES string of the molecule is [O-]NC1c2ccccc2Oc2ccccc21. The van der Waals surface area contributed by atoms with Crippen molar-refractivity contribution in [2.45, 2.75) is 6.04 Å². The third-order valence-electron chi connectivity index (χ3n) is 2.80. The van der Waals surface area contributed by atoms with Gasteiger partial charge in [-0.1, -0.05) is 36.4 Å². The zero-order valence-corrected chi connectivity index (χ0v) is 8.51. The van der Waals surface area contributed by atoms with Gasteiger partial charge in [-0.25, -0.2) is 0 Å². The molecule has 2 aromatic rings. The van der Waals surface area contributed by atoms with E-state index in [1.807, 2.05) is 48.5 Å². The first kappa shape index (κ1) is 9.39. The van der Waals surface area contributed by atoms with Crippen LogP contribution in [0.15, 0.2) is 48.5 Å². The fraction of sp³-hybridized carbons (Fsp3) is 0.0769. The summed E-state index contributed by atoms with van der Waals surface area (Å²) in [5.74, 6) is 1.49. The summed E-state index contributed by atoms with van der Waals surface area (Å²) >= 11 is 0. The molecular weight excluding hydrogens is 202 g/mol. The largest absolute Gasteiger partial charge is 0.787 e. The Balaban J connectivity index is 2.19. The molecule has 3 heteroatoms. The van der Waals surface area contributed by atoms with Crippen LogP contribution in [0, 0.1) is 5.21 Å². The molecule has 1 N–H and O–H groups in total. The van der Waals surface area contributed by atoms with Crippen molar-refractivity contribution in [2.75, 3.05) is 0 Å². The highest BCUT2D eigenvalue weighted by Crippen LogP contribution is 2.42. The van der Waals surface area contributed by atoms with Crippen LogP contribution in [0.1, 0.15) is 17.2 Å². The second kappa shape index (κ2) is 3.63. The molecule has 0 unspecified atom stereocenters. The third-order valence-corrected chi connectivity index (χ3v) is 2.80. The van der Waals surface area contributed by atoms with Crippen molar-refractivity contribution < 1.29 is 4.74 Å². The quantitative estimate of drug-likeness (QED) is 0.739. The van der Waals surface area contributed by atoms with Gasteiger partial charge in [-0.15, -0.1) is 0 Å². The minimum absolute atomic E-state index is 0.332. The summed E-state index contributed by atoms with van der Waals surface area (Å²) in [5, 5.41) is 11.1. The van der Waals surface area contributed by atoms with Gasteiger partial charge in [0, 0.05) is 11.1 Å². The molecule has 0 radical (unpaired) electrons. The molecule has 0 fully saturated rings. The first-order chi connectivity index (χ1) is 7.90. The van der Waals surface area contributed by atoms with Crippen LogP contribution in [-0.2, 0) is 0 Å². The highest BCUT2D eigenvalue weighted by molar-refractivity contribution is 5.52. The Morgan fingerprint density at radius 3 is 1.88 bits per heavy atom. The maximum absolute atomic E-state index is 11.1. The number of benzene rings is 2. The molecule has 0 saturated heterocycles. The molecule has 0 bridgehead atoms. The van der Waals surface area contributed by atoms with Crippen molar-refractivity contribution in [3.05, 3.63) is 64.9 Å². The molecule has 0 aromatic heterocycles. The van der Waals surface area contributed by atoms with Crippen molar-refractivity contribution in [2.24, 2.45) is 0 Å². The predicted octanol–water partition coefficient (Wildman–Crippen LogP) is 2.97. The molecule has 0 atom stereocenters. The van der Waals surface area contributed by atoms with E-state index < -0.39 is 0 Å². The van der Waals surface area contributed by atoms with E-state index in [1.54, 1.807) is 0 Å². The fourth-order valence-corrected chi connectivity index (χ4v) is 2.04. The molecule has 3 nitrogen and oxygen atoms in total. The van der Waals surface area contributed by atoms with E-state index >= 15 is 0 Å². The number of nitrogens with one attached hydrogen (secondary N) is 1. The van der Waals surface area contributed by atoms with Gasteiger partial charge in [-0.05, 0) is 12.1 Å². The molecule has 1 heterocycles. The van der Waals surface area contributed by atoms with Crippen LogP contribution in [0.2, 0.25) is 0 Å². The van der Waals surface area contributed by atoms with Gasteiger partial charge < -0.3 is 15.4 Å². The van der Waals surface area contributed by atoms with E-state index in [1.165, 1.54) is 0 Å². The van der Waals surface area contributed by atoms with Crippen LogP contribution in [0.3, 0.4) is 0 Å². The van der Waals surface area contributed by atoms with Crippen LogP contribution < -0.4 is 10.2 Å². The summed E-state index contributed by atoms with van der Waals surface area (Å²) in [7, 11) is 0. The lowest BCUT2D eigenvalue weighted by Gasteiger charge is -2.31. The number of para-hydroxylation sites is 2. The van der Waals surface area contributed by atoms with Crippen LogP contribution >= 0.6 is 0 Å². The molecule has 3 rings (SSSR count). The van der Waals surface area contributed by atoms with Crippen LogP contribution in [-0.4, -0.2) is 0 Å². The predicted molar refractivity (Wildman–Crippen MR) is 61.3 cm³/mol. The van der Waals surface area contributed by atoms with E-state index in [-0.39, 0.29) is 6.04 Å². The second-order valence-electron chi connectivity index (χ2n) is 3.73. The van der Waals surface area contributed by atoms with Gasteiger partial charge in [0.1, 0.15) is 11.5 Å². The van der Waals surface area contributed by atoms with Gasteiger partial charge in [0.2, 0.25) is 0 Å². The first-order valence-electron chi connectivity index (χ1n) is 5.13. The lowest BCUT2D eigenvalue weighted by atomic mass is 9.95. The maximum Gasteiger partial charge on any atom is 0.132 e. The van der Waals surface area contributed by atoms with E-state index in [0.717, 1.165) is 22.6 Å². The fourth-order valence-electron chi connectivity index (χ4n) is 2.04. The van der Waals surface area contributed by atoms with Crippen molar-refractivity contribution in [3.8, 4) is 11.5 Å². The average Bonchev–Trinajstić information content (AvgIpc) is 2.36. The highest BCUT2D eigenvalue weighted by Gasteiger charge is 2.23. The number of ether oxygens (including phenoxy) is 1. The molecule has 2 aromatic carbocycles. The lowest BCUT2D eigenvalue weighted by molar-refractivity contribution is 0.439. The monoisotopic (exact) mass is 212 g/mol. The molecule has 0 aliphatic carbocycles. The van der Waals surface area contributed by atoms with Gasteiger partial charge in [0.25, 0.3) is 0 Å². The molecule has 0 spiro atoms. The van der Waals surface area contributed by atoms with Gasteiger partial charge in [0.15, 0.2) is 0 Å². The number of rotatable bonds is 1. The summed E-state index contributed by atoms with van der Waals surface area (Å²) in [5.41, 5.74) is 3.86. The van der Waals surface area contributed by atoms with Crippen molar-refractivity contribution >= 4 is 0 Å². The normalized spacial score (nSPS) is 13.8. The standard InChI is InChI=1S/C13H10NO2/c15-14-13-9-5-1-3-7-11(9)16-12-8-4-2-6-10(12)13/h1-8,13-14H/q-1. The smallest absolute Gasteiger partial charge is 0.132 e. The van der Waals surface area contributed by atoms with E-state index in [9.17, 15) is 5.21 Å². The zero-order chi connectivity index (χ0) is 11.0. The minimum atomic E-state index is -0.332. The number of fused-ring (bicyclic) bond motifs is 2. The minimum Gasteiger partial charge on any atom is -0.787 e. The topological polar surface area (TPSA) is 44.3 Å². The Morgan fingerprint density at radius 2 is 1.38 bits per heavy atom. The maximum atomic E-state index is 11.1. The summed E-state index contributed by atoms with van der Waals surface area (Å²) in [6.45, 7) is 0. The molecule has 80 valence electrons. The number of hydrogen-bond acceptors (Lipinski definition) is 3. The van der Waals surface area contributed by atoms with Gasteiger partial charge in [0.05, 0.1) is 6.04 Å². The average molecular weight is 212 g/mol. The molecule has 0 saturated carbocycles. The van der Waals surface area contributed by atoms with Crippen molar-refractivity contribution in [3.63, 3.8) is 0 Å². The molecule has 0 amide bonds. The zero-order valence-electron chi connectivity index (χ0n) is 8.51. The van der Waals surface area contributed by atoms with Crippen molar-refractivity contribution in [1.82, 2.24) is 5.48 Å². The highest BCUT2D eigenvalue weighted by atomic mass is 16.5. The Morgan fingerprint density at radius 1 is 0.875 bits per heavy atom. The summed E-state index contributed by atoms with van der Waals surface area (Å²) in [6, 6.07) is 14.8. The summed E-state index contributed by atoms with van der Waals surface area (Å²) in [6.07, 6.45) is 0. The number of hydroxylamine groups is 1. The number of hydrogen-bond donors (Lipinski definition) is 1. The lowest BCUT2D eigenvalue weighted by Crippen LogP contribution is -2.20. The third kappa shape index (κ3) is 1.30. The molecule has 1 aliphatic heterocycles. The Bertz CT molecular complexity index is 479. The van der Waals surface area contributed by atoms with Crippen LogP contribution in [0.25, 0.3) is 0 Å². The summed E-state index contributed by atoms with van der Waals surface area (Å²) < 4.78 is 5.73. The van der Waals surface area contributed by atoms with Gasteiger partial charge in [-0.2, -0.15) is 0 Å². The Hall–Kier alpha value is -1.84. The van der Waals surface area contributed by atoms with Gasteiger partial charge in [-0.3, -0.25) is 0 Å². The molecule has 16 heavy (non-hydrogen) atoms. The van der Waals surface area contributed by atoms with E-state index in [4.69, 9.17) is 4.74 Å². The van der Waals surface area contributed by atoms with E-state index in [2.05, 4.69) is 5.48 Å². The molecule has 1 aliphatic rings. The Labute approximate surface area is 93.3 Å². The van der Waals surface area contributed by atoms with E-state index in [0.29, 0.717) is 0 Å². The molecular formula is C13H10NO2-. The van der Waals surface area contributed by atoms with Crippen molar-refractivity contribution in [1.29, 1.82) is 0 Å². The summed E-state index contributed by atoms with van der Waals surface area (Å²) in [4.78, 5) is 0. The second-order valence-corrected chi connectivity index (χ2v) is 3.73. The van der Waals surface area contributed by atoms with Crippen LogP contribution in [0.4, 0.5) is 0 Å².